The second-order valence-electron chi connectivity index (χ2n) is 21.0. The summed E-state index contributed by atoms with van der Waals surface area (Å²) in [4.78, 5) is 123. The number of ether oxygens (including phenoxy) is 4. The fourth-order valence-electron chi connectivity index (χ4n) is 9.92. The fourth-order valence-corrected chi connectivity index (χ4v) is 13.3. The number of benzene rings is 2. The summed E-state index contributed by atoms with van der Waals surface area (Å²) in [5.74, 6) is -2.80. The number of hydrogen-bond donors (Lipinski definition) is 11. The second-order valence-corrected chi connectivity index (χ2v) is 24.8. The van der Waals surface area contributed by atoms with Crippen LogP contribution in [0.15, 0.2) is 52.4 Å². The number of halogens is 1. The van der Waals surface area contributed by atoms with Gasteiger partial charge >= 0.3 is 11.9 Å². The van der Waals surface area contributed by atoms with Gasteiger partial charge in [0, 0.05) is 99.9 Å². The Hall–Kier alpha value is -6.12. The van der Waals surface area contributed by atoms with Crippen LogP contribution in [0.1, 0.15) is 121 Å². The lowest BCUT2D eigenvalue weighted by Crippen LogP contribution is -2.44. The Balaban J connectivity index is 0.802. The smallest absolute Gasteiger partial charge is 0.326 e. The first-order valence-electron chi connectivity index (χ1n) is 29.0. The number of anilines is 1. The van der Waals surface area contributed by atoms with E-state index in [1.54, 1.807) is 24.3 Å². The van der Waals surface area contributed by atoms with E-state index in [1.807, 2.05) is 23.5 Å². The minimum atomic E-state index is -1.37. The summed E-state index contributed by atoms with van der Waals surface area (Å²) < 4.78 is 23.3. The molecule has 2 aromatic rings. The maximum absolute atomic E-state index is 13.5. The molecule has 0 aromatic heterocycles. The van der Waals surface area contributed by atoms with Crippen molar-refractivity contribution in [2.45, 2.75) is 137 Å². The SMILES string of the molecule is NC1=N[C@H]2[C@H](CS[C@H]2CCCCC(=O)NC(CC(=O)NCCOCCOCCCC(=O)c2cc(NC(=O)c3ccc(I)cc3)cc(C(=O)CCCOCCOCCNC(=O)C[C@H](NC(=O)CCCC[C@@H]3SC[C@@H]4NC(N)=N[C@@H]43)C(=O)O)c2)C(=O)O)N1. The highest BCUT2D eigenvalue weighted by Crippen LogP contribution is 2.36. The van der Waals surface area contributed by atoms with E-state index in [0.29, 0.717) is 53.7 Å². The number of carbonyl (C=O) groups is 9. The summed E-state index contributed by atoms with van der Waals surface area (Å²) in [7, 11) is 0. The first-order valence-corrected chi connectivity index (χ1v) is 32.2. The number of aliphatic carboxylic acids is 2. The number of carbonyl (C=O) groups excluding carboxylic acids is 7. The van der Waals surface area contributed by atoms with Crippen LogP contribution in [0.5, 0.6) is 0 Å². The van der Waals surface area contributed by atoms with Gasteiger partial charge in [0.2, 0.25) is 23.6 Å². The predicted octanol–water partition coefficient (Wildman–Crippen LogP) is 2.35. The van der Waals surface area contributed by atoms with Gasteiger partial charge in [0.05, 0.1) is 76.7 Å². The Morgan fingerprint density at radius 1 is 0.558 bits per heavy atom. The molecule has 2 saturated heterocycles. The number of nitrogens with one attached hydrogen (secondary N) is 7. The zero-order valence-electron chi connectivity index (χ0n) is 48.0. The largest absolute Gasteiger partial charge is 0.480 e. The molecule has 1 unspecified atom stereocenters. The number of aliphatic imine (C=N–C) groups is 2. The molecule has 29 heteroatoms. The number of ketones is 2. The van der Waals surface area contributed by atoms with Crippen LogP contribution in [-0.2, 0) is 47.7 Å². The van der Waals surface area contributed by atoms with Crippen molar-refractivity contribution in [1.29, 1.82) is 0 Å². The Labute approximate surface area is 521 Å². The summed E-state index contributed by atoms with van der Waals surface area (Å²) in [5.41, 5.74) is 12.7. The fraction of sp³-hybridized carbons (Fsp3) is 0.596. The molecule has 4 aliphatic rings. The van der Waals surface area contributed by atoms with Crippen LogP contribution in [-0.4, -0.2) is 199 Å². The molecule has 4 aliphatic heterocycles. The van der Waals surface area contributed by atoms with E-state index in [-0.39, 0.29) is 144 Å². The van der Waals surface area contributed by atoms with Crippen LogP contribution in [0.25, 0.3) is 0 Å². The van der Waals surface area contributed by atoms with E-state index in [9.17, 15) is 53.4 Å². The lowest BCUT2D eigenvalue weighted by molar-refractivity contribution is -0.143. The van der Waals surface area contributed by atoms with Crippen molar-refractivity contribution in [2.75, 3.05) is 82.8 Å². The summed E-state index contributed by atoms with van der Waals surface area (Å²) in [6.45, 7) is 1.66. The molecule has 472 valence electrons. The van der Waals surface area contributed by atoms with Gasteiger partial charge in [0.25, 0.3) is 5.91 Å². The number of fused-ring (bicyclic) bond motifs is 2. The van der Waals surface area contributed by atoms with Crippen LogP contribution in [0.2, 0.25) is 0 Å². The molecular weight excluding hydrogens is 1270 g/mol. The third-order valence-corrected chi connectivity index (χ3v) is 18.1. The Morgan fingerprint density at radius 3 is 1.42 bits per heavy atom. The number of unbranched alkanes of at least 4 members (excludes halogenated alkanes) is 2. The summed E-state index contributed by atoms with van der Waals surface area (Å²) >= 11 is 5.79. The number of nitrogens with zero attached hydrogens (tertiary/aromatic N) is 2. The number of amides is 5. The van der Waals surface area contributed by atoms with Gasteiger partial charge in [0.1, 0.15) is 12.1 Å². The van der Waals surface area contributed by atoms with Crippen molar-refractivity contribution in [1.82, 2.24) is 31.9 Å². The molecule has 0 aliphatic carbocycles. The van der Waals surface area contributed by atoms with Crippen LogP contribution >= 0.6 is 46.1 Å². The lowest BCUT2D eigenvalue weighted by atomic mass is 9.99. The van der Waals surface area contributed by atoms with Gasteiger partial charge in [-0.05, 0) is 104 Å². The highest BCUT2D eigenvalue weighted by atomic mass is 127. The van der Waals surface area contributed by atoms with E-state index in [0.717, 1.165) is 40.8 Å². The zero-order valence-corrected chi connectivity index (χ0v) is 51.8. The maximum Gasteiger partial charge on any atom is 0.326 e. The number of thioether (sulfide) groups is 2. The molecule has 0 spiro atoms. The molecule has 5 amide bonds. The average Bonchev–Trinajstić information content (AvgIpc) is 2.61. The van der Waals surface area contributed by atoms with E-state index in [1.165, 1.54) is 18.2 Å². The lowest BCUT2D eigenvalue weighted by Gasteiger charge is -2.16. The molecule has 4 heterocycles. The molecule has 2 fully saturated rings. The summed E-state index contributed by atoms with van der Waals surface area (Å²) in [6.07, 6.45) is 4.68. The normalized spacial score (nSPS) is 19.8. The van der Waals surface area contributed by atoms with E-state index < -0.39 is 66.4 Å². The topological polar surface area (TPSA) is 392 Å². The van der Waals surface area contributed by atoms with E-state index in [2.05, 4.69) is 69.8 Å². The Morgan fingerprint density at radius 2 is 0.988 bits per heavy atom. The Bertz CT molecular complexity index is 2560. The minimum Gasteiger partial charge on any atom is -0.480 e. The first-order chi connectivity index (χ1) is 41.4. The van der Waals surface area contributed by atoms with Crippen molar-refractivity contribution in [2.24, 2.45) is 21.5 Å². The average molecular weight is 1350 g/mol. The van der Waals surface area contributed by atoms with Crippen LogP contribution in [0, 0.1) is 3.57 Å². The number of hydrogen-bond acceptors (Lipinski definition) is 21. The summed E-state index contributed by atoms with van der Waals surface area (Å²) in [6, 6.07) is 9.48. The van der Waals surface area contributed by atoms with Gasteiger partial charge in [-0.2, -0.15) is 23.5 Å². The van der Waals surface area contributed by atoms with Crippen molar-refractivity contribution in [3.8, 4) is 0 Å². The maximum atomic E-state index is 13.5. The number of nitrogens with two attached hydrogens (primary N) is 2. The van der Waals surface area contributed by atoms with Gasteiger partial charge in [0.15, 0.2) is 23.5 Å². The standard InChI is InChI=1S/C57H80IN11O15S2/c58-37-15-13-34(14-16-37)53(76)63-38-28-35(43(70)7-5-19-81-23-25-83-21-17-61-49(74)30-39(54(77)78)64-47(72)11-3-1-9-45-51-41(32-85-45)66-56(59)68-51)27-36(29-38)44(71)8-6-20-82-24-26-84-22-18-62-50(75)31-40(55(79)80)65-48(73)12-4-2-10-46-52-42(33-86-46)67-57(60)69-52/h13-16,27-29,39-42,45-46,51-52H,1-12,17-26,30-33H2,(H,61,74)(H,62,75)(H,63,76)(H,64,72)(H,65,73)(H,77,78)(H,79,80)(H3,59,66,68)(H3,60,67,69)/t39-,40?,41-,42-,45-,46-,51-,52-/m0/s1. The van der Waals surface area contributed by atoms with Gasteiger partial charge in [-0.1, -0.05) is 12.8 Å². The molecule has 6 rings (SSSR count). The number of rotatable bonds is 42. The molecule has 86 heavy (non-hydrogen) atoms. The quantitative estimate of drug-likeness (QED) is 0.0258. The molecule has 0 bridgehead atoms. The summed E-state index contributed by atoms with van der Waals surface area (Å²) in [5, 5.41) is 39.1. The van der Waals surface area contributed by atoms with Crippen molar-refractivity contribution in [3.63, 3.8) is 0 Å². The number of guanidine groups is 2. The molecule has 0 radical (unpaired) electrons. The predicted molar refractivity (Wildman–Crippen MR) is 332 cm³/mol. The van der Waals surface area contributed by atoms with Gasteiger partial charge in [-0.3, -0.25) is 33.6 Å². The van der Waals surface area contributed by atoms with Crippen molar-refractivity contribution in [3.05, 3.63) is 62.7 Å². The zero-order chi connectivity index (χ0) is 61.8. The molecular formula is C57H80IN11O15S2. The monoisotopic (exact) mass is 1350 g/mol. The second kappa shape index (κ2) is 36.9. The highest BCUT2D eigenvalue weighted by Gasteiger charge is 2.41. The first kappa shape index (κ1) is 69.0. The van der Waals surface area contributed by atoms with Crippen molar-refractivity contribution < 1.29 is 72.3 Å². The number of Topliss-reactive ketones (excluding diaryl/α,β-unsaturated/α-hetero) is 2. The number of carboxylic acid groups (broad SMARTS) is 2. The molecule has 2 aromatic carbocycles. The molecule has 13 N–H and O–H groups in total. The molecule has 8 atom stereocenters. The molecule has 0 saturated carbocycles. The van der Waals surface area contributed by atoms with Crippen molar-refractivity contribution >= 4 is 117 Å². The number of carboxylic acids is 2. The van der Waals surface area contributed by atoms with Crippen LogP contribution in [0.4, 0.5) is 5.69 Å². The van der Waals surface area contributed by atoms with E-state index in [4.69, 9.17) is 30.4 Å². The minimum absolute atomic E-state index is 0.0821. The third kappa shape index (κ3) is 24.2. The highest BCUT2D eigenvalue weighted by molar-refractivity contribution is 14.1. The van der Waals surface area contributed by atoms with Gasteiger partial charge in [-0.15, -0.1) is 0 Å². The third-order valence-electron chi connectivity index (χ3n) is 14.3. The Kier molecular flexibility index (Phi) is 29.6. The van der Waals surface area contributed by atoms with E-state index >= 15 is 0 Å². The van der Waals surface area contributed by atoms with Gasteiger partial charge in [-0.25, -0.2) is 19.6 Å². The van der Waals surface area contributed by atoms with Gasteiger partial charge < -0.3 is 77.8 Å². The van der Waals surface area contributed by atoms with Crippen LogP contribution < -0.4 is 48.7 Å². The molecule has 26 nitrogen and oxygen atoms in total. The van der Waals surface area contributed by atoms with Crippen LogP contribution in [0.3, 0.4) is 0 Å².